The fourth-order valence-corrected chi connectivity index (χ4v) is 2.39. The molecule has 1 heterocycles. The predicted molar refractivity (Wildman–Crippen MR) is 76.1 cm³/mol. The highest BCUT2D eigenvalue weighted by Crippen LogP contribution is 2.30. The second-order valence-electron chi connectivity index (χ2n) is 4.72. The monoisotopic (exact) mass is 292 g/mol. The minimum Gasteiger partial charge on any atom is -0.324 e. The molecule has 0 aliphatic carbocycles. The Kier molecular flexibility index (Phi) is 3.50. The molecule has 0 radical (unpaired) electrons. The SMILES string of the molecule is CC(C)c1cc(C(C)N)c2cccc(Br)c2n1. The Labute approximate surface area is 110 Å². The maximum absolute atomic E-state index is 6.06. The first-order valence-electron chi connectivity index (χ1n) is 5.85. The average Bonchev–Trinajstić information content (AvgIpc) is 2.28. The third kappa shape index (κ3) is 2.35. The van der Waals surface area contributed by atoms with Crippen LogP contribution in [-0.2, 0) is 0 Å². The van der Waals surface area contributed by atoms with Gasteiger partial charge in [-0.15, -0.1) is 0 Å². The molecule has 1 aromatic heterocycles. The van der Waals surface area contributed by atoms with Gasteiger partial charge in [0.2, 0.25) is 0 Å². The van der Waals surface area contributed by atoms with E-state index < -0.39 is 0 Å². The number of rotatable bonds is 2. The maximum atomic E-state index is 6.06. The van der Waals surface area contributed by atoms with Crippen molar-refractivity contribution in [2.24, 2.45) is 5.73 Å². The number of hydrogen-bond donors (Lipinski definition) is 1. The second-order valence-corrected chi connectivity index (χ2v) is 5.57. The van der Waals surface area contributed by atoms with Crippen LogP contribution in [0, 0.1) is 0 Å². The number of aromatic nitrogens is 1. The number of para-hydroxylation sites is 1. The van der Waals surface area contributed by atoms with E-state index in [2.05, 4.69) is 41.9 Å². The number of halogens is 1. The predicted octanol–water partition coefficient (Wildman–Crippen LogP) is 4.14. The minimum atomic E-state index is 0.0206. The van der Waals surface area contributed by atoms with E-state index >= 15 is 0 Å². The van der Waals surface area contributed by atoms with Gasteiger partial charge in [-0.1, -0.05) is 26.0 Å². The first kappa shape index (κ1) is 12.5. The lowest BCUT2D eigenvalue weighted by Gasteiger charge is -2.14. The fraction of sp³-hybridized carbons (Fsp3) is 0.357. The smallest absolute Gasteiger partial charge is 0.0850 e. The van der Waals surface area contributed by atoms with E-state index in [4.69, 9.17) is 10.7 Å². The summed E-state index contributed by atoms with van der Waals surface area (Å²) in [6, 6.07) is 8.27. The Morgan fingerprint density at radius 1 is 1.24 bits per heavy atom. The molecular weight excluding hydrogens is 276 g/mol. The van der Waals surface area contributed by atoms with Crippen LogP contribution in [0.4, 0.5) is 0 Å². The van der Waals surface area contributed by atoms with Crippen molar-refractivity contribution in [3.05, 3.63) is 40.0 Å². The molecule has 3 heteroatoms. The summed E-state index contributed by atoms with van der Waals surface area (Å²) in [4.78, 5) is 4.71. The molecule has 1 aromatic carbocycles. The summed E-state index contributed by atoms with van der Waals surface area (Å²) in [5.74, 6) is 0.406. The zero-order valence-corrected chi connectivity index (χ0v) is 12.0. The van der Waals surface area contributed by atoms with Crippen molar-refractivity contribution in [1.82, 2.24) is 4.98 Å². The molecule has 1 atom stereocenters. The Morgan fingerprint density at radius 2 is 1.94 bits per heavy atom. The Hall–Kier alpha value is -0.930. The molecule has 2 aromatic rings. The van der Waals surface area contributed by atoms with E-state index in [-0.39, 0.29) is 6.04 Å². The van der Waals surface area contributed by atoms with Crippen molar-refractivity contribution in [2.45, 2.75) is 32.7 Å². The van der Waals surface area contributed by atoms with Crippen LogP contribution in [-0.4, -0.2) is 4.98 Å². The second kappa shape index (κ2) is 4.75. The molecule has 0 aliphatic rings. The standard InChI is InChI=1S/C14H17BrN2/c1-8(2)13-7-11(9(3)16)10-5-4-6-12(15)14(10)17-13/h4-9H,16H2,1-3H3. The normalized spacial score (nSPS) is 13.3. The third-order valence-corrected chi connectivity index (χ3v) is 3.56. The van der Waals surface area contributed by atoms with Gasteiger partial charge in [0.05, 0.1) is 5.52 Å². The number of nitrogens with zero attached hydrogens (tertiary/aromatic N) is 1. The molecule has 0 saturated heterocycles. The quantitative estimate of drug-likeness (QED) is 0.903. The van der Waals surface area contributed by atoms with Crippen molar-refractivity contribution in [3.8, 4) is 0 Å². The summed E-state index contributed by atoms with van der Waals surface area (Å²) in [7, 11) is 0. The summed E-state index contributed by atoms with van der Waals surface area (Å²) in [5.41, 5.74) is 9.32. The van der Waals surface area contributed by atoms with Crippen molar-refractivity contribution in [2.75, 3.05) is 0 Å². The van der Waals surface area contributed by atoms with Crippen LogP contribution in [0.1, 0.15) is 44.0 Å². The topological polar surface area (TPSA) is 38.9 Å². The van der Waals surface area contributed by atoms with Crippen LogP contribution in [0.3, 0.4) is 0 Å². The highest BCUT2D eigenvalue weighted by Gasteiger charge is 2.12. The van der Waals surface area contributed by atoms with E-state index in [9.17, 15) is 0 Å². The largest absolute Gasteiger partial charge is 0.324 e. The third-order valence-electron chi connectivity index (χ3n) is 2.92. The summed E-state index contributed by atoms with van der Waals surface area (Å²) in [6.07, 6.45) is 0. The zero-order valence-electron chi connectivity index (χ0n) is 10.4. The van der Waals surface area contributed by atoms with Gasteiger partial charge in [0, 0.05) is 21.6 Å². The molecule has 2 N–H and O–H groups in total. The summed E-state index contributed by atoms with van der Waals surface area (Å²) < 4.78 is 1.03. The van der Waals surface area contributed by atoms with Gasteiger partial charge >= 0.3 is 0 Å². The Morgan fingerprint density at radius 3 is 2.53 bits per heavy atom. The molecule has 2 nitrogen and oxygen atoms in total. The van der Waals surface area contributed by atoms with Gasteiger partial charge in [-0.3, -0.25) is 4.98 Å². The lowest BCUT2D eigenvalue weighted by Crippen LogP contribution is -2.08. The van der Waals surface area contributed by atoms with Crippen LogP contribution < -0.4 is 5.73 Å². The van der Waals surface area contributed by atoms with Gasteiger partial charge in [-0.2, -0.15) is 0 Å². The summed E-state index contributed by atoms with van der Waals surface area (Å²) >= 11 is 3.56. The van der Waals surface area contributed by atoms with Crippen molar-refractivity contribution in [1.29, 1.82) is 0 Å². The highest BCUT2D eigenvalue weighted by molar-refractivity contribution is 9.10. The molecular formula is C14H17BrN2. The molecule has 0 saturated carbocycles. The number of fused-ring (bicyclic) bond motifs is 1. The van der Waals surface area contributed by atoms with E-state index in [1.54, 1.807) is 0 Å². The molecule has 0 spiro atoms. The van der Waals surface area contributed by atoms with Crippen LogP contribution in [0.2, 0.25) is 0 Å². The van der Waals surface area contributed by atoms with Crippen molar-refractivity contribution < 1.29 is 0 Å². The van der Waals surface area contributed by atoms with E-state index in [1.807, 2.05) is 19.1 Å². The first-order valence-corrected chi connectivity index (χ1v) is 6.64. The van der Waals surface area contributed by atoms with E-state index in [0.29, 0.717) is 5.92 Å². The Bertz CT molecular complexity index is 547. The number of nitrogens with two attached hydrogens (primary N) is 1. The molecule has 0 bridgehead atoms. The van der Waals surface area contributed by atoms with Gasteiger partial charge < -0.3 is 5.73 Å². The highest BCUT2D eigenvalue weighted by atomic mass is 79.9. The molecule has 2 rings (SSSR count). The van der Waals surface area contributed by atoms with Crippen LogP contribution in [0.5, 0.6) is 0 Å². The van der Waals surface area contributed by atoms with Gasteiger partial charge in [-0.25, -0.2) is 0 Å². The van der Waals surface area contributed by atoms with Crippen molar-refractivity contribution in [3.63, 3.8) is 0 Å². The molecule has 0 aliphatic heterocycles. The molecule has 0 amide bonds. The minimum absolute atomic E-state index is 0.0206. The molecule has 1 unspecified atom stereocenters. The molecule has 0 fully saturated rings. The number of benzene rings is 1. The van der Waals surface area contributed by atoms with E-state index in [0.717, 1.165) is 21.1 Å². The lowest BCUT2D eigenvalue weighted by atomic mass is 9.99. The number of hydrogen-bond acceptors (Lipinski definition) is 2. The van der Waals surface area contributed by atoms with E-state index in [1.165, 1.54) is 5.56 Å². The van der Waals surface area contributed by atoms with Gasteiger partial charge in [0.15, 0.2) is 0 Å². The molecule has 90 valence electrons. The zero-order chi connectivity index (χ0) is 12.6. The van der Waals surface area contributed by atoms with Gasteiger partial charge in [-0.05, 0) is 46.5 Å². The van der Waals surface area contributed by atoms with Gasteiger partial charge in [0.25, 0.3) is 0 Å². The van der Waals surface area contributed by atoms with Crippen LogP contribution in [0.25, 0.3) is 10.9 Å². The number of pyridine rings is 1. The first-order chi connectivity index (χ1) is 8.00. The average molecular weight is 293 g/mol. The Balaban J connectivity index is 2.81. The summed E-state index contributed by atoms with van der Waals surface area (Å²) in [5, 5.41) is 1.14. The summed E-state index contributed by atoms with van der Waals surface area (Å²) in [6.45, 7) is 6.31. The van der Waals surface area contributed by atoms with Crippen LogP contribution >= 0.6 is 15.9 Å². The lowest BCUT2D eigenvalue weighted by molar-refractivity contribution is 0.794. The van der Waals surface area contributed by atoms with Gasteiger partial charge in [0.1, 0.15) is 0 Å². The molecule has 17 heavy (non-hydrogen) atoms. The maximum Gasteiger partial charge on any atom is 0.0850 e. The fourth-order valence-electron chi connectivity index (χ4n) is 1.93. The van der Waals surface area contributed by atoms with Crippen LogP contribution in [0.15, 0.2) is 28.7 Å². The van der Waals surface area contributed by atoms with Crippen molar-refractivity contribution >= 4 is 26.8 Å².